The summed E-state index contributed by atoms with van der Waals surface area (Å²) >= 11 is 4.83. The first-order valence-electron chi connectivity index (χ1n) is 5.17. The summed E-state index contributed by atoms with van der Waals surface area (Å²) in [7, 11) is 3.31. The minimum absolute atomic E-state index is 0.326. The molecule has 0 atom stereocenters. The third-order valence-corrected chi connectivity index (χ3v) is 2.38. The van der Waals surface area contributed by atoms with Crippen molar-refractivity contribution in [2.24, 2.45) is 5.73 Å². The van der Waals surface area contributed by atoms with Gasteiger partial charge in [-0.2, -0.15) is 0 Å². The summed E-state index contributed by atoms with van der Waals surface area (Å²) in [6.07, 6.45) is 0. The van der Waals surface area contributed by atoms with E-state index in [4.69, 9.17) is 18.0 Å². The van der Waals surface area contributed by atoms with Gasteiger partial charge in [-0.05, 0) is 24.7 Å². The second-order valence-electron chi connectivity index (χ2n) is 3.83. The zero-order valence-corrected chi connectivity index (χ0v) is 10.8. The van der Waals surface area contributed by atoms with Gasteiger partial charge in [0, 0.05) is 13.1 Å². The highest BCUT2D eigenvalue weighted by Gasteiger charge is 2.05. The van der Waals surface area contributed by atoms with Gasteiger partial charge in [0.1, 0.15) is 0 Å². The maximum Gasteiger partial charge on any atom is 0.337 e. The van der Waals surface area contributed by atoms with E-state index < -0.39 is 0 Å². The van der Waals surface area contributed by atoms with Crippen LogP contribution in [0.4, 0.5) is 0 Å². The Bertz CT molecular complexity index is 403. The minimum Gasteiger partial charge on any atom is -0.465 e. The summed E-state index contributed by atoms with van der Waals surface area (Å²) in [5, 5.41) is 0. The molecule has 1 aromatic rings. The molecule has 0 aliphatic heterocycles. The summed E-state index contributed by atoms with van der Waals surface area (Å²) in [6, 6.07) is 7.27. The Morgan fingerprint density at radius 3 is 2.47 bits per heavy atom. The molecule has 0 saturated heterocycles. The van der Waals surface area contributed by atoms with Gasteiger partial charge < -0.3 is 10.5 Å². The van der Waals surface area contributed by atoms with Gasteiger partial charge in [-0.3, -0.25) is 4.90 Å². The number of thiocarbonyl (C=S) groups is 1. The number of benzene rings is 1. The van der Waals surface area contributed by atoms with Crippen LogP contribution < -0.4 is 5.73 Å². The van der Waals surface area contributed by atoms with Crippen molar-refractivity contribution in [2.75, 3.05) is 20.7 Å². The van der Waals surface area contributed by atoms with Crippen LogP contribution in [0.15, 0.2) is 24.3 Å². The molecule has 1 aromatic carbocycles. The lowest BCUT2D eigenvalue weighted by Gasteiger charge is -2.15. The fraction of sp³-hybridized carbons (Fsp3) is 0.333. The molecule has 0 aliphatic rings. The molecule has 0 heterocycles. The fourth-order valence-corrected chi connectivity index (χ4v) is 1.72. The van der Waals surface area contributed by atoms with Crippen molar-refractivity contribution < 1.29 is 9.53 Å². The summed E-state index contributed by atoms with van der Waals surface area (Å²) in [4.78, 5) is 13.7. The molecule has 17 heavy (non-hydrogen) atoms. The van der Waals surface area contributed by atoms with Crippen LogP contribution in [0.3, 0.4) is 0 Å². The Labute approximate surface area is 106 Å². The van der Waals surface area contributed by atoms with Crippen LogP contribution in [0.25, 0.3) is 0 Å². The fourth-order valence-electron chi connectivity index (χ4n) is 1.50. The van der Waals surface area contributed by atoms with Crippen molar-refractivity contribution in [3.05, 3.63) is 35.4 Å². The lowest BCUT2D eigenvalue weighted by molar-refractivity contribution is 0.0600. The molecule has 0 amide bonds. The van der Waals surface area contributed by atoms with Crippen molar-refractivity contribution in [3.8, 4) is 0 Å². The Morgan fingerprint density at radius 2 is 2.00 bits per heavy atom. The number of rotatable bonds is 5. The Hall–Kier alpha value is -1.46. The van der Waals surface area contributed by atoms with Gasteiger partial charge in [0.15, 0.2) is 0 Å². The molecule has 0 saturated carbocycles. The van der Waals surface area contributed by atoms with Gasteiger partial charge in [-0.15, -0.1) is 0 Å². The molecule has 92 valence electrons. The SMILES string of the molecule is COC(=O)c1ccc(CN(C)CC(N)=S)cc1. The lowest BCUT2D eigenvalue weighted by atomic mass is 10.1. The van der Waals surface area contributed by atoms with Gasteiger partial charge in [0.05, 0.1) is 17.7 Å². The van der Waals surface area contributed by atoms with Gasteiger partial charge >= 0.3 is 5.97 Å². The van der Waals surface area contributed by atoms with Crippen LogP contribution in [-0.4, -0.2) is 36.6 Å². The third-order valence-electron chi connectivity index (χ3n) is 2.25. The van der Waals surface area contributed by atoms with Gasteiger partial charge in [0.25, 0.3) is 0 Å². The summed E-state index contributed by atoms with van der Waals surface area (Å²) in [5.41, 5.74) is 7.10. The monoisotopic (exact) mass is 252 g/mol. The van der Waals surface area contributed by atoms with E-state index in [0.29, 0.717) is 17.1 Å². The van der Waals surface area contributed by atoms with Crippen molar-refractivity contribution >= 4 is 23.2 Å². The largest absolute Gasteiger partial charge is 0.465 e. The Kier molecular flexibility index (Phi) is 5.06. The highest BCUT2D eigenvalue weighted by atomic mass is 32.1. The number of ether oxygens (including phenoxy) is 1. The number of hydrogen-bond acceptors (Lipinski definition) is 4. The van der Waals surface area contributed by atoms with E-state index in [1.807, 2.05) is 24.1 Å². The quantitative estimate of drug-likeness (QED) is 0.630. The molecule has 0 aromatic heterocycles. The van der Waals surface area contributed by atoms with Crippen molar-refractivity contribution in [1.29, 1.82) is 0 Å². The minimum atomic E-state index is -0.326. The molecular weight excluding hydrogens is 236 g/mol. The zero-order chi connectivity index (χ0) is 12.8. The first-order valence-corrected chi connectivity index (χ1v) is 5.58. The van der Waals surface area contributed by atoms with Crippen LogP contribution in [0, 0.1) is 0 Å². The lowest BCUT2D eigenvalue weighted by Crippen LogP contribution is -2.28. The van der Waals surface area contributed by atoms with Crippen LogP contribution in [0.1, 0.15) is 15.9 Å². The molecule has 1 rings (SSSR count). The molecule has 5 heteroatoms. The molecule has 0 radical (unpaired) electrons. The average Bonchev–Trinajstić information content (AvgIpc) is 2.28. The highest BCUT2D eigenvalue weighted by molar-refractivity contribution is 7.80. The Morgan fingerprint density at radius 1 is 1.41 bits per heavy atom. The van der Waals surface area contributed by atoms with Crippen molar-refractivity contribution in [1.82, 2.24) is 4.90 Å². The van der Waals surface area contributed by atoms with Gasteiger partial charge in [0.2, 0.25) is 0 Å². The van der Waals surface area contributed by atoms with Crippen LogP contribution in [-0.2, 0) is 11.3 Å². The van der Waals surface area contributed by atoms with E-state index in [1.54, 1.807) is 12.1 Å². The van der Waals surface area contributed by atoms with E-state index in [9.17, 15) is 4.79 Å². The number of carbonyl (C=O) groups excluding carboxylic acids is 1. The van der Waals surface area contributed by atoms with Crippen molar-refractivity contribution in [3.63, 3.8) is 0 Å². The molecular formula is C12H16N2O2S. The van der Waals surface area contributed by atoms with Crippen LogP contribution in [0.2, 0.25) is 0 Å². The highest BCUT2D eigenvalue weighted by Crippen LogP contribution is 2.07. The maximum absolute atomic E-state index is 11.2. The summed E-state index contributed by atoms with van der Waals surface area (Å²) < 4.78 is 4.63. The second kappa shape index (κ2) is 6.32. The molecule has 2 N–H and O–H groups in total. The molecule has 0 aliphatic carbocycles. The molecule has 0 spiro atoms. The normalized spacial score (nSPS) is 10.3. The van der Waals surface area contributed by atoms with E-state index >= 15 is 0 Å². The maximum atomic E-state index is 11.2. The summed E-state index contributed by atoms with van der Waals surface area (Å²) in [5.74, 6) is -0.326. The molecule has 0 bridgehead atoms. The smallest absolute Gasteiger partial charge is 0.337 e. The standard InChI is InChI=1S/C12H16N2O2S/c1-14(8-11(13)17)7-9-3-5-10(6-4-9)12(15)16-2/h3-6H,7-8H2,1-2H3,(H2,13,17). The van der Waals surface area contributed by atoms with E-state index in [2.05, 4.69) is 4.74 Å². The predicted octanol–water partition coefficient (Wildman–Crippen LogP) is 1.19. The molecule has 0 unspecified atom stereocenters. The van der Waals surface area contributed by atoms with Crippen molar-refractivity contribution in [2.45, 2.75) is 6.54 Å². The van der Waals surface area contributed by atoms with Crippen LogP contribution >= 0.6 is 12.2 Å². The zero-order valence-electron chi connectivity index (χ0n) is 9.97. The summed E-state index contributed by atoms with van der Waals surface area (Å²) in [6.45, 7) is 1.31. The topological polar surface area (TPSA) is 55.6 Å². The number of carbonyl (C=O) groups is 1. The van der Waals surface area contributed by atoms with Crippen LogP contribution in [0.5, 0.6) is 0 Å². The van der Waals surface area contributed by atoms with E-state index in [-0.39, 0.29) is 5.97 Å². The number of nitrogens with two attached hydrogens (primary N) is 1. The number of nitrogens with zero attached hydrogens (tertiary/aromatic N) is 1. The number of esters is 1. The van der Waals surface area contributed by atoms with E-state index in [0.717, 1.165) is 12.1 Å². The molecule has 4 nitrogen and oxygen atoms in total. The average molecular weight is 252 g/mol. The second-order valence-corrected chi connectivity index (χ2v) is 4.35. The third kappa shape index (κ3) is 4.50. The Balaban J connectivity index is 2.62. The first kappa shape index (κ1) is 13.6. The first-order chi connectivity index (χ1) is 8.02. The van der Waals surface area contributed by atoms with Gasteiger partial charge in [-0.25, -0.2) is 4.79 Å². The van der Waals surface area contributed by atoms with E-state index in [1.165, 1.54) is 7.11 Å². The predicted molar refractivity (Wildman–Crippen MR) is 70.9 cm³/mol. The molecule has 0 fully saturated rings. The number of hydrogen-bond donors (Lipinski definition) is 1. The van der Waals surface area contributed by atoms with Gasteiger partial charge in [-0.1, -0.05) is 24.4 Å². The number of methoxy groups -OCH3 is 1. The number of likely N-dealkylation sites (N-methyl/N-ethyl adjacent to an activating group) is 1.